The normalized spacial score (nSPS) is 14.9. The second kappa shape index (κ2) is 11.3. The van der Waals surface area contributed by atoms with Crippen molar-refractivity contribution in [2.24, 2.45) is 0 Å². The van der Waals surface area contributed by atoms with E-state index in [9.17, 15) is 9.18 Å². The Kier molecular flexibility index (Phi) is 7.24. The number of nitrogens with one attached hydrogen (secondary N) is 1. The molecule has 0 amide bonds. The summed E-state index contributed by atoms with van der Waals surface area (Å²) in [6.45, 7) is 3.35. The first-order chi connectivity index (χ1) is 19.6. The van der Waals surface area contributed by atoms with Crippen molar-refractivity contribution in [2.75, 3.05) is 38.2 Å². The smallest absolute Gasteiger partial charge is 0.253 e. The number of piperazine rings is 1. The monoisotopic (exact) mass is 539 g/mol. The van der Waals surface area contributed by atoms with E-state index in [1.165, 1.54) is 17.7 Å². The van der Waals surface area contributed by atoms with E-state index >= 15 is 0 Å². The number of nitrogens with zero attached hydrogens (tertiary/aromatic N) is 6. The topological polar surface area (TPSA) is 92.2 Å². The van der Waals surface area contributed by atoms with Gasteiger partial charge in [-0.15, -0.1) is 5.10 Å². The number of fused-ring (bicyclic) bond motifs is 1. The summed E-state index contributed by atoms with van der Waals surface area (Å²) < 4.78 is 20.7. The van der Waals surface area contributed by atoms with Gasteiger partial charge in [0, 0.05) is 54.9 Å². The predicted molar refractivity (Wildman–Crippen MR) is 151 cm³/mol. The highest BCUT2D eigenvalue weighted by atomic mass is 19.1. The Hall–Kier alpha value is -4.57. The summed E-state index contributed by atoms with van der Waals surface area (Å²) in [6.07, 6.45) is 0.759. The number of tetrazole rings is 1. The number of anilines is 1. The van der Waals surface area contributed by atoms with Crippen LogP contribution in [-0.4, -0.2) is 63.4 Å². The second-order valence-electron chi connectivity index (χ2n) is 9.90. The summed E-state index contributed by atoms with van der Waals surface area (Å²) in [5.41, 5.74) is 3.29. The Bertz CT molecular complexity index is 1640. The van der Waals surface area contributed by atoms with Crippen molar-refractivity contribution in [3.63, 3.8) is 0 Å². The Balaban J connectivity index is 1.35. The van der Waals surface area contributed by atoms with Gasteiger partial charge in [-0.3, -0.25) is 9.69 Å². The van der Waals surface area contributed by atoms with Crippen molar-refractivity contribution >= 4 is 16.6 Å². The van der Waals surface area contributed by atoms with Gasteiger partial charge in [0.15, 0.2) is 5.82 Å². The number of pyridine rings is 1. The highest BCUT2D eigenvalue weighted by molar-refractivity contribution is 5.80. The van der Waals surface area contributed by atoms with Crippen molar-refractivity contribution in [2.45, 2.75) is 19.0 Å². The molecule has 5 aromatic rings. The van der Waals surface area contributed by atoms with Crippen LogP contribution in [0.2, 0.25) is 0 Å². The van der Waals surface area contributed by atoms with E-state index < -0.39 is 6.04 Å². The first-order valence-electron chi connectivity index (χ1n) is 13.3. The number of aromatic amines is 1. The number of hydrogen-bond donors (Lipinski definition) is 1. The molecule has 6 rings (SSSR count). The highest BCUT2D eigenvalue weighted by Gasteiger charge is 2.32. The van der Waals surface area contributed by atoms with Crippen LogP contribution in [0, 0.1) is 5.82 Å². The van der Waals surface area contributed by atoms with Crippen LogP contribution in [0.3, 0.4) is 0 Å². The Morgan fingerprint density at radius 3 is 2.50 bits per heavy atom. The molecule has 0 aliphatic carbocycles. The standard InChI is InChI=1S/C30H30FN7O2/c1-40-25-11-12-27-22(19-25)20-26(30(39)32-27)28(29-33-34-35-38(29)14-13-21-5-3-2-4-6-21)37-17-15-36(16-18-37)24-9-7-23(31)8-10-24/h2-12,19-20,28H,13-18H2,1H3,(H,32,39). The zero-order valence-corrected chi connectivity index (χ0v) is 22.2. The fourth-order valence-corrected chi connectivity index (χ4v) is 5.37. The van der Waals surface area contributed by atoms with Crippen molar-refractivity contribution in [1.29, 1.82) is 0 Å². The molecule has 1 saturated heterocycles. The van der Waals surface area contributed by atoms with Crippen molar-refractivity contribution < 1.29 is 9.13 Å². The van der Waals surface area contributed by atoms with Crippen molar-refractivity contribution in [1.82, 2.24) is 30.1 Å². The molecule has 1 aliphatic heterocycles. The van der Waals surface area contributed by atoms with Crippen LogP contribution in [0.15, 0.2) is 83.7 Å². The average molecular weight is 540 g/mol. The zero-order valence-electron chi connectivity index (χ0n) is 22.2. The summed E-state index contributed by atoms with van der Waals surface area (Å²) in [7, 11) is 1.62. The van der Waals surface area contributed by atoms with Gasteiger partial charge in [0.25, 0.3) is 5.56 Å². The van der Waals surface area contributed by atoms with E-state index in [2.05, 4.69) is 42.4 Å². The Morgan fingerprint density at radius 2 is 1.75 bits per heavy atom. The van der Waals surface area contributed by atoms with E-state index in [0.717, 1.165) is 23.0 Å². The van der Waals surface area contributed by atoms with Crippen LogP contribution >= 0.6 is 0 Å². The Morgan fingerprint density at radius 1 is 0.975 bits per heavy atom. The quantitative estimate of drug-likeness (QED) is 0.321. The van der Waals surface area contributed by atoms with Gasteiger partial charge in [-0.25, -0.2) is 9.07 Å². The lowest BCUT2D eigenvalue weighted by Gasteiger charge is -2.39. The number of H-pyrrole nitrogens is 1. The summed E-state index contributed by atoms with van der Waals surface area (Å²) in [5.74, 6) is 1.08. The highest BCUT2D eigenvalue weighted by Crippen LogP contribution is 2.30. The number of halogens is 1. The molecule has 1 atom stereocenters. The molecule has 1 unspecified atom stereocenters. The minimum absolute atomic E-state index is 0.179. The number of methoxy groups -OCH3 is 1. The second-order valence-corrected chi connectivity index (χ2v) is 9.90. The minimum Gasteiger partial charge on any atom is -0.497 e. The predicted octanol–water partition coefficient (Wildman–Crippen LogP) is 3.82. The Labute approximate surface area is 230 Å². The lowest BCUT2D eigenvalue weighted by atomic mass is 10.0. The number of hydrogen-bond acceptors (Lipinski definition) is 7. The van der Waals surface area contributed by atoms with Crippen LogP contribution in [0.1, 0.15) is 23.0 Å². The molecule has 0 radical (unpaired) electrons. The third-order valence-electron chi connectivity index (χ3n) is 7.51. The molecule has 3 aromatic carbocycles. The third kappa shape index (κ3) is 5.30. The first kappa shape index (κ1) is 25.7. The largest absolute Gasteiger partial charge is 0.497 e. The number of aryl methyl sites for hydroxylation is 2. The van der Waals surface area contributed by atoms with Crippen molar-refractivity contribution in [3.8, 4) is 5.75 Å². The molecule has 1 aliphatic rings. The molecule has 40 heavy (non-hydrogen) atoms. The van der Waals surface area contributed by atoms with E-state index in [0.29, 0.717) is 49.9 Å². The summed E-state index contributed by atoms with van der Waals surface area (Å²) >= 11 is 0. The molecule has 204 valence electrons. The number of aromatic nitrogens is 5. The average Bonchev–Trinajstić information content (AvgIpc) is 3.45. The minimum atomic E-state index is -0.458. The molecule has 3 heterocycles. The molecule has 9 nitrogen and oxygen atoms in total. The van der Waals surface area contributed by atoms with E-state index in [1.807, 2.05) is 42.5 Å². The fraction of sp³-hybridized carbons (Fsp3) is 0.267. The maximum Gasteiger partial charge on any atom is 0.253 e. The molecular weight excluding hydrogens is 509 g/mol. The molecule has 1 N–H and O–H groups in total. The van der Waals surface area contributed by atoms with Gasteiger partial charge in [-0.2, -0.15) is 0 Å². The summed E-state index contributed by atoms with van der Waals surface area (Å²) in [4.78, 5) is 21.1. The van der Waals surface area contributed by atoms with E-state index in [1.54, 1.807) is 23.9 Å². The van der Waals surface area contributed by atoms with Gasteiger partial charge in [0.2, 0.25) is 0 Å². The summed E-state index contributed by atoms with van der Waals surface area (Å²) in [5, 5.41) is 13.7. The molecule has 0 spiro atoms. The number of ether oxygens (including phenoxy) is 1. The molecule has 2 aromatic heterocycles. The molecule has 10 heteroatoms. The third-order valence-corrected chi connectivity index (χ3v) is 7.51. The van der Waals surface area contributed by atoms with Crippen molar-refractivity contribution in [3.05, 3.63) is 112 Å². The number of rotatable bonds is 8. The molecule has 1 fully saturated rings. The number of benzene rings is 3. The van der Waals surface area contributed by atoms with Gasteiger partial charge < -0.3 is 14.6 Å². The SMILES string of the molecule is COc1ccc2[nH]c(=O)c(C(c3nnnn3CCc3ccccc3)N3CCN(c4ccc(F)cc4)CC3)cc2c1. The van der Waals surface area contributed by atoms with Gasteiger partial charge in [-0.1, -0.05) is 30.3 Å². The maximum absolute atomic E-state index is 13.5. The summed E-state index contributed by atoms with van der Waals surface area (Å²) in [6, 6.07) is 23.8. The van der Waals surface area contributed by atoms with Gasteiger partial charge >= 0.3 is 0 Å². The van der Waals surface area contributed by atoms with Gasteiger partial charge in [-0.05, 0) is 70.9 Å². The zero-order chi connectivity index (χ0) is 27.5. The van der Waals surface area contributed by atoms with Crippen LogP contribution in [0.5, 0.6) is 5.75 Å². The van der Waals surface area contributed by atoms with Crippen LogP contribution < -0.4 is 15.2 Å². The van der Waals surface area contributed by atoms with E-state index in [4.69, 9.17) is 4.74 Å². The maximum atomic E-state index is 13.5. The van der Waals surface area contributed by atoms with Crippen LogP contribution in [-0.2, 0) is 13.0 Å². The first-order valence-corrected chi connectivity index (χ1v) is 13.3. The van der Waals surface area contributed by atoms with Gasteiger partial charge in [0.1, 0.15) is 17.6 Å². The molecule has 0 saturated carbocycles. The molecule has 0 bridgehead atoms. The fourth-order valence-electron chi connectivity index (χ4n) is 5.37. The van der Waals surface area contributed by atoms with Crippen LogP contribution in [0.4, 0.5) is 10.1 Å². The van der Waals surface area contributed by atoms with Gasteiger partial charge in [0.05, 0.1) is 7.11 Å². The molecular formula is C30H30FN7O2. The van der Waals surface area contributed by atoms with Crippen LogP contribution in [0.25, 0.3) is 10.9 Å². The lowest BCUT2D eigenvalue weighted by Crippen LogP contribution is -2.49. The van der Waals surface area contributed by atoms with E-state index in [-0.39, 0.29) is 11.4 Å². The lowest BCUT2D eigenvalue weighted by molar-refractivity contribution is 0.199.